The van der Waals surface area contributed by atoms with Gasteiger partial charge in [0.05, 0.1) is 6.10 Å². The van der Waals surface area contributed by atoms with Gasteiger partial charge in [-0.15, -0.1) is 0 Å². The molecule has 0 N–H and O–H groups in total. The maximum absolute atomic E-state index is 12.0. The van der Waals surface area contributed by atoms with Crippen LogP contribution in [0.25, 0.3) is 0 Å². The first-order valence-electron chi connectivity index (χ1n) is 7.03. The highest BCUT2D eigenvalue weighted by Crippen LogP contribution is 2.73. The first kappa shape index (κ1) is 12.4. The summed E-state index contributed by atoms with van der Waals surface area (Å²) >= 11 is 0. The second kappa shape index (κ2) is 3.27. The van der Waals surface area contributed by atoms with E-state index in [4.69, 9.17) is 4.74 Å². The van der Waals surface area contributed by atoms with Crippen LogP contribution in [0.1, 0.15) is 47.0 Å². The van der Waals surface area contributed by atoms with Crippen molar-refractivity contribution in [2.75, 3.05) is 7.11 Å². The molecule has 0 saturated heterocycles. The molecule has 0 aromatic carbocycles. The summed E-state index contributed by atoms with van der Waals surface area (Å²) in [5.41, 5.74) is 1.81. The van der Waals surface area contributed by atoms with Crippen LogP contribution in [0.4, 0.5) is 0 Å². The van der Waals surface area contributed by atoms with E-state index in [1.165, 1.54) is 12.0 Å². The topological polar surface area (TPSA) is 26.3 Å². The summed E-state index contributed by atoms with van der Waals surface area (Å²) in [4.78, 5) is 12.0. The Morgan fingerprint density at radius 1 is 1.22 bits per heavy atom. The summed E-state index contributed by atoms with van der Waals surface area (Å²) in [7, 11) is 1.84. The molecule has 0 aromatic rings. The Labute approximate surface area is 110 Å². The van der Waals surface area contributed by atoms with E-state index in [1.54, 1.807) is 0 Å². The fraction of sp³-hybridized carbons (Fsp3) is 0.812. The summed E-state index contributed by atoms with van der Waals surface area (Å²) in [6, 6.07) is 0. The SMILES string of the molecule is CO[C@@H]1C[C@]23C[C@H]1C(C)(C)C2=CC(=O)CC3(C)C. The molecule has 0 radical (unpaired) electrons. The number of fused-ring (bicyclic) bond motifs is 1. The van der Waals surface area contributed by atoms with E-state index in [9.17, 15) is 4.79 Å². The fourth-order valence-electron chi connectivity index (χ4n) is 5.14. The van der Waals surface area contributed by atoms with Crippen LogP contribution in [0.3, 0.4) is 0 Å². The van der Waals surface area contributed by atoms with Crippen molar-refractivity contribution < 1.29 is 9.53 Å². The van der Waals surface area contributed by atoms with E-state index < -0.39 is 0 Å². The van der Waals surface area contributed by atoms with Crippen molar-refractivity contribution >= 4 is 5.78 Å². The third-order valence-electron chi connectivity index (χ3n) is 6.22. The number of hydrogen-bond acceptors (Lipinski definition) is 2. The number of ether oxygens (including phenoxy) is 1. The number of methoxy groups -OCH3 is 1. The first-order valence-corrected chi connectivity index (χ1v) is 7.03. The van der Waals surface area contributed by atoms with Crippen LogP contribution in [0.2, 0.25) is 0 Å². The van der Waals surface area contributed by atoms with Gasteiger partial charge in [-0.1, -0.05) is 33.3 Å². The molecule has 0 amide bonds. The lowest BCUT2D eigenvalue weighted by Gasteiger charge is -2.51. The molecule has 0 unspecified atom stereocenters. The monoisotopic (exact) mass is 248 g/mol. The number of rotatable bonds is 1. The van der Waals surface area contributed by atoms with Crippen molar-refractivity contribution in [2.24, 2.45) is 22.2 Å². The average molecular weight is 248 g/mol. The third kappa shape index (κ3) is 1.20. The molecule has 2 heteroatoms. The maximum Gasteiger partial charge on any atom is 0.156 e. The van der Waals surface area contributed by atoms with Gasteiger partial charge in [-0.05, 0) is 35.7 Å². The zero-order valence-electron chi connectivity index (χ0n) is 12.2. The lowest BCUT2D eigenvalue weighted by Crippen LogP contribution is -2.47. The van der Waals surface area contributed by atoms with E-state index in [-0.39, 0.29) is 16.2 Å². The molecule has 0 heterocycles. The Balaban J connectivity index is 2.18. The van der Waals surface area contributed by atoms with Crippen molar-refractivity contribution in [3.63, 3.8) is 0 Å². The third-order valence-corrected chi connectivity index (χ3v) is 6.22. The molecule has 100 valence electrons. The molecule has 0 aromatic heterocycles. The minimum Gasteiger partial charge on any atom is -0.381 e. The normalized spacial score (nSPS) is 43.8. The van der Waals surface area contributed by atoms with Crippen LogP contribution >= 0.6 is 0 Å². The van der Waals surface area contributed by atoms with Gasteiger partial charge >= 0.3 is 0 Å². The largest absolute Gasteiger partial charge is 0.381 e. The van der Waals surface area contributed by atoms with Gasteiger partial charge in [0.2, 0.25) is 0 Å². The van der Waals surface area contributed by atoms with Crippen molar-refractivity contribution in [1.82, 2.24) is 0 Å². The number of allylic oxidation sites excluding steroid dienone is 2. The predicted octanol–water partition coefficient (Wildman–Crippen LogP) is 3.36. The molecule has 2 saturated carbocycles. The zero-order chi connectivity index (χ0) is 13.3. The van der Waals surface area contributed by atoms with E-state index in [0.717, 1.165) is 6.42 Å². The Morgan fingerprint density at radius 2 is 1.89 bits per heavy atom. The molecule has 18 heavy (non-hydrogen) atoms. The highest BCUT2D eigenvalue weighted by Gasteiger charge is 2.68. The Kier molecular flexibility index (Phi) is 2.26. The van der Waals surface area contributed by atoms with Crippen LogP contribution in [0.5, 0.6) is 0 Å². The van der Waals surface area contributed by atoms with Crippen LogP contribution in [0.15, 0.2) is 11.6 Å². The molecule has 3 aliphatic rings. The number of carbonyl (C=O) groups is 1. The summed E-state index contributed by atoms with van der Waals surface area (Å²) in [6.07, 6.45) is 5.32. The lowest BCUT2D eigenvalue weighted by atomic mass is 9.53. The van der Waals surface area contributed by atoms with Gasteiger partial charge in [0.1, 0.15) is 0 Å². The van der Waals surface area contributed by atoms with E-state index in [1.807, 2.05) is 13.2 Å². The van der Waals surface area contributed by atoms with Crippen LogP contribution in [-0.4, -0.2) is 19.0 Å². The van der Waals surface area contributed by atoms with Gasteiger partial charge in [0.25, 0.3) is 0 Å². The predicted molar refractivity (Wildman–Crippen MR) is 71.2 cm³/mol. The smallest absolute Gasteiger partial charge is 0.156 e. The average Bonchev–Trinajstić information content (AvgIpc) is 2.72. The van der Waals surface area contributed by atoms with Gasteiger partial charge in [-0.25, -0.2) is 0 Å². The number of hydrogen-bond donors (Lipinski definition) is 0. The molecule has 0 aliphatic heterocycles. The standard InChI is InChI=1S/C16H24O2/c1-14(2)7-10(17)6-13-15(3,4)11-8-16(13,14)9-12(11)18-5/h6,11-12H,7-9H2,1-5H3/t11-,12-,16-/m1/s1. The first-order chi connectivity index (χ1) is 8.24. The minimum atomic E-state index is 0.0769. The van der Waals surface area contributed by atoms with Crippen LogP contribution in [-0.2, 0) is 9.53 Å². The van der Waals surface area contributed by atoms with Crippen LogP contribution in [0, 0.1) is 22.2 Å². The molecule has 2 bridgehead atoms. The van der Waals surface area contributed by atoms with Crippen molar-refractivity contribution in [3.05, 3.63) is 11.6 Å². The number of ketones is 1. The molecule has 3 aliphatic carbocycles. The van der Waals surface area contributed by atoms with Gasteiger partial charge in [0, 0.05) is 18.9 Å². The molecule has 2 nitrogen and oxygen atoms in total. The van der Waals surface area contributed by atoms with E-state index >= 15 is 0 Å². The van der Waals surface area contributed by atoms with Crippen molar-refractivity contribution in [2.45, 2.75) is 53.1 Å². The Morgan fingerprint density at radius 3 is 2.50 bits per heavy atom. The van der Waals surface area contributed by atoms with Crippen molar-refractivity contribution in [3.8, 4) is 0 Å². The highest BCUT2D eigenvalue weighted by molar-refractivity contribution is 5.93. The maximum atomic E-state index is 12.0. The molecule has 1 spiro atoms. The molecular formula is C16H24O2. The quantitative estimate of drug-likeness (QED) is 0.711. The van der Waals surface area contributed by atoms with E-state index in [0.29, 0.717) is 24.2 Å². The lowest BCUT2D eigenvalue weighted by molar-refractivity contribution is -0.120. The van der Waals surface area contributed by atoms with Gasteiger partial charge < -0.3 is 4.74 Å². The summed E-state index contributed by atoms with van der Waals surface area (Å²) in [5, 5.41) is 0. The molecule has 3 atom stereocenters. The summed E-state index contributed by atoms with van der Waals surface area (Å²) < 4.78 is 5.73. The molecular weight excluding hydrogens is 224 g/mol. The summed E-state index contributed by atoms with van der Waals surface area (Å²) in [6.45, 7) is 9.14. The second-order valence-electron chi connectivity index (χ2n) is 7.68. The van der Waals surface area contributed by atoms with Gasteiger partial charge in [0.15, 0.2) is 5.78 Å². The summed E-state index contributed by atoms with van der Waals surface area (Å²) in [5.74, 6) is 0.883. The van der Waals surface area contributed by atoms with Gasteiger partial charge in [-0.3, -0.25) is 4.79 Å². The van der Waals surface area contributed by atoms with Crippen LogP contribution < -0.4 is 0 Å². The Bertz CT molecular complexity index is 444. The molecule has 3 rings (SSSR count). The zero-order valence-corrected chi connectivity index (χ0v) is 12.2. The highest BCUT2D eigenvalue weighted by atomic mass is 16.5. The van der Waals surface area contributed by atoms with E-state index in [2.05, 4.69) is 27.7 Å². The van der Waals surface area contributed by atoms with Gasteiger partial charge in [-0.2, -0.15) is 0 Å². The Hall–Kier alpha value is -0.630. The minimum absolute atomic E-state index is 0.0769. The second-order valence-corrected chi connectivity index (χ2v) is 7.68. The fourth-order valence-corrected chi connectivity index (χ4v) is 5.14. The van der Waals surface area contributed by atoms with Crippen molar-refractivity contribution in [1.29, 1.82) is 0 Å². The molecule has 2 fully saturated rings. The number of carbonyl (C=O) groups excluding carboxylic acids is 1.